The highest BCUT2D eigenvalue weighted by molar-refractivity contribution is 6.07. The van der Waals surface area contributed by atoms with Gasteiger partial charge >= 0.3 is 0 Å². The Labute approximate surface area is 192 Å². The molecule has 0 fully saturated rings. The molecule has 3 aromatic carbocycles. The monoisotopic (exact) mass is 444 g/mol. The molecule has 6 heteroatoms. The molecule has 1 amide bonds. The molecule has 0 atom stereocenters. The van der Waals surface area contributed by atoms with E-state index in [0.717, 1.165) is 11.1 Å². The largest absolute Gasteiger partial charge is 0.493 e. The number of hydrogen-bond acceptors (Lipinski definition) is 4. The number of pyridine rings is 1. The van der Waals surface area contributed by atoms with Crippen LogP contribution in [0.15, 0.2) is 72.8 Å². The number of aromatic nitrogens is 1. The van der Waals surface area contributed by atoms with Crippen molar-refractivity contribution in [2.45, 2.75) is 6.42 Å². The first-order chi connectivity index (χ1) is 16.0. The van der Waals surface area contributed by atoms with E-state index in [1.54, 1.807) is 38.3 Å². The maximum atomic E-state index is 14.0. The van der Waals surface area contributed by atoms with Crippen LogP contribution in [0.1, 0.15) is 15.9 Å². The number of methoxy groups -OCH3 is 2. The van der Waals surface area contributed by atoms with Crippen molar-refractivity contribution < 1.29 is 18.7 Å². The molecule has 4 rings (SSSR count). The lowest BCUT2D eigenvalue weighted by molar-refractivity contribution is 0.0798. The molecule has 0 aliphatic carbocycles. The third kappa shape index (κ3) is 4.80. The van der Waals surface area contributed by atoms with Gasteiger partial charge in [0.25, 0.3) is 5.91 Å². The highest BCUT2D eigenvalue weighted by Crippen LogP contribution is 2.29. The van der Waals surface area contributed by atoms with E-state index < -0.39 is 5.82 Å². The summed E-state index contributed by atoms with van der Waals surface area (Å²) < 4.78 is 24.7. The van der Waals surface area contributed by atoms with Crippen molar-refractivity contribution in [3.63, 3.8) is 0 Å². The quantitative estimate of drug-likeness (QED) is 0.384. The second-order valence-electron chi connectivity index (χ2n) is 7.75. The van der Waals surface area contributed by atoms with Crippen molar-refractivity contribution in [3.8, 4) is 22.8 Å². The molecule has 1 aromatic heterocycles. The normalized spacial score (nSPS) is 10.8. The fraction of sp³-hybridized carbons (Fsp3) is 0.185. The van der Waals surface area contributed by atoms with Crippen molar-refractivity contribution in [2.75, 3.05) is 27.8 Å². The predicted octanol–water partition coefficient (Wildman–Crippen LogP) is 5.37. The van der Waals surface area contributed by atoms with Gasteiger partial charge in [-0.25, -0.2) is 9.37 Å². The second kappa shape index (κ2) is 9.69. The van der Waals surface area contributed by atoms with E-state index >= 15 is 0 Å². The molecule has 0 N–H and O–H groups in total. The molecule has 0 aliphatic rings. The van der Waals surface area contributed by atoms with Gasteiger partial charge in [-0.15, -0.1) is 0 Å². The van der Waals surface area contributed by atoms with E-state index in [0.29, 0.717) is 46.6 Å². The number of likely N-dealkylation sites (N-methyl/N-ethyl adjacent to an activating group) is 1. The fourth-order valence-corrected chi connectivity index (χ4v) is 3.77. The Kier molecular flexibility index (Phi) is 6.54. The molecule has 1 heterocycles. The van der Waals surface area contributed by atoms with Crippen LogP contribution in [0, 0.1) is 5.82 Å². The molecule has 0 aliphatic heterocycles. The summed E-state index contributed by atoms with van der Waals surface area (Å²) in [5, 5.41) is 0.498. The molecule has 0 saturated carbocycles. The van der Waals surface area contributed by atoms with Crippen LogP contribution in [0.25, 0.3) is 22.2 Å². The minimum Gasteiger partial charge on any atom is -0.493 e. The Bertz CT molecular complexity index is 1290. The number of rotatable bonds is 7. The van der Waals surface area contributed by atoms with Crippen molar-refractivity contribution in [3.05, 3.63) is 89.7 Å². The maximum absolute atomic E-state index is 14.0. The van der Waals surface area contributed by atoms with Crippen LogP contribution < -0.4 is 9.47 Å². The Hall–Kier alpha value is -3.93. The minimum absolute atomic E-state index is 0.189. The molecule has 0 unspecified atom stereocenters. The first kappa shape index (κ1) is 22.3. The van der Waals surface area contributed by atoms with Gasteiger partial charge in [-0.05, 0) is 48.4 Å². The third-order valence-corrected chi connectivity index (χ3v) is 5.60. The molecule has 0 spiro atoms. The van der Waals surface area contributed by atoms with Crippen LogP contribution in [0.3, 0.4) is 0 Å². The number of ether oxygens (including phenoxy) is 2. The summed E-state index contributed by atoms with van der Waals surface area (Å²) in [4.78, 5) is 19.7. The predicted molar refractivity (Wildman–Crippen MR) is 127 cm³/mol. The lowest BCUT2D eigenvalue weighted by atomic mass is 10.0. The molecule has 4 aromatic rings. The van der Waals surface area contributed by atoms with Gasteiger partial charge in [0, 0.05) is 24.5 Å². The Morgan fingerprint density at radius 1 is 0.939 bits per heavy atom. The van der Waals surface area contributed by atoms with Gasteiger partial charge in [-0.2, -0.15) is 0 Å². The van der Waals surface area contributed by atoms with Crippen LogP contribution >= 0.6 is 0 Å². The number of halogens is 1. The number of amides is 1. The van der Waals surface area contributed by atoms with Crippen LogP contribution in [0.2, 0.25) is 0 Å². The summed E-state index contributed by atoms with van der Waals surface area (Å²) in [5.74, 6) is 0.709. The topological polar surface area (TPSA) is 51.7 Å². The molecule has 0 saturated heterocycles. The molecular formula is C27H25FN2O3. The van der Waals surface area contributed by atoms with E-state index in [2.05, 4.69) is 4.98 Å². The van der Waals surface area contributed by atoms with E-state index in [-0.39, 0.29) is 5.91 Å². The number of carbonyl (C=O) groups is 1. The second-order valence-corrected chi connectivity index (χ2v) is 7.75. The number of fused-ring (bicyclic) bond motifs is 1. The van der Waals surface area contributed by atoms with Crippen molar-refractivity contribution in [2.24, 2.45) is 0 Å². The smallest absolute Gasteiger partial charge is 0.254 e. The van der Waals surface area contributed by atoms with Gasteiger partial charge in [0.15, 0.2) is 11.5 Å². The highest BCUT2D eigenvalue weighted by Gasteiger charge is 2.18. The Morgan fingerprint density at radius 2 is 1.70 bits per heavy atom. The zero-order valence-corrected chi connectivity index (χ0v) is 18.8. The lowest BCUT2D eigenvalue weighted by Crippen LogP contribution is -2.29. The summed E-state index contributed by atoms with van der Waals surface area (Å²) in [7, 11) is 4.93. The van der Waals surface area contributed by atoms with Crippen molar-refractivity contribution in [1.29, 1.82) is 0 Å². The fourth-order valence-electron chi connectivity index (χ4n) is 3.77. The lowest BCUT2D eigenvalue weighted by Gasteiger charge is -2.19. The van der Waals surface area contributed by atoms with Crippen LogP contribution in [-0.4, -0.2) is 43.6 Å². The highest BCUT2D eigenvalue weighted by atomic mass is 19.1. The van der Waals surface area contributed by atoms with Gasteiger partial charge in [0.2, 0.25) is 0 Å². The van der Waals surface area contributed by atoms with E-state index in [1.165, 1.54) is 12.1 Å². The van der Waals surface area contributed by atoms with Crippen LogP contribution in [0.4, 0.5) is 4.39 Å². The Balaban J connectivity index is 1.63. The summed E-state index contributed by atoms with van der Waals surface area (Å²) in [5.41, 5.74) is 3.59. The minimum atomic E-state index is -0.404. The van der Waals surface area contributed by atoms with Gasteiger partial charge in [0.05, 0.1) is 31.0 Å². The summed E-state index contributed by atoms with van der Waals surface area (Å²) in [6.07, 6.45) is 0.630. The van der Waals surface area contributed by atoms with Crippen LogP contribution in [-0.2, 0) is 6.42 Å². The number of nitrogens with zero attached hydrogens (tertiary/aromatic N) is 2. The van der Waals surface area contributed by atoms with Crippen molar-refractivity contribution >= 4 is 16.8 Å². The first-order valence-electron chi connectivity index (χ1n) is 10.6. The molecular weight excluding hydrogens is 419 g/mol. The summed E-state index contributed by atoms with van der Waals surface area (Å²) in [6.45, 7) is 0.480. The molecule has 168 valence electrons. The summed E-state index contributed by atoms with van der Waals surface area (Å²) in [6, 6.07) is 21.4. The van der Waals surface area contributed by atoms with E-state index in [9.17, 15) is 9.18 Å². The molecule has 0 bridgehead atoms. The maximum Gasteiger partial charge on any atom is 0.254 e. The van der Waals surface area contributed by atoms with Crippen LogP contribution in [0.5, 0.6) is 11.5 Å². The number of benzene rings is 3. The zero-order valence-electron chi connectivity index (χ0n) is 18.8. The molecule has 5 nitrogen and oxygen atoms in total. The SMILES string of the molecule is COc1ccc(CCN(C)C(=O)c2cc(-c3ccccc3)nc3ccc(F)cc23)cc1OC. The standard InChI is InChI=1S/C27H25FN2O3/c1-30(14-13-18-9-12-25(32-2)26(15-18)33-3)27(31)22-17-24(19-7-5-4-6-8-19)29-23-11-10-20(28)16-21(22)23/h4-12,15-17H,13-14H2,1-3H3. The summed E-state index contributed by atoms with van der Waals surface area (Å²) >= 11 is 0. The average Bonchev–Trinajstić information content (AvgIpc) is 2.86. The van der Waals surface area contributed by atoms with Gasteiger partial charge in [-0.1, -0.05) is 36.4 Å². The Morgan fingerprint density at radius 3 is 2.42 bits per heavy atom. The average molecular weight is 445 g/mol. The third-order valence-electron chi connectivity index (χ3n) is 5.60. The van der Waals surface area contributed by atoms with Gasteiger partial charge in [0.1, 0.15) is 5.82 Å². The van der Waals surface area contributed by atoms with Gasteiger partial charge in [-0.3, -0.25) is 4.79 Å². The van der Waals surface area contributed by atoms with Gasteiger partial charge < -0.3 is 14.4 Å². The molecule has 0 radical (unpaired) electrons. The number of carbonyl (C=O) groups excluding carboxylic acids is 1. The first-order valence-corrected chi connectivity index (χ1v) is 10.6. The number of hydrogen-bond donors (Lipinski definition) is 0. The molecule has 33 heavy (non-hydrogen) atoms. The zero-order chi connectivity index (χ0) is 23.4. The van der Waals surface area contributed by atoms with E-state index in [1.807, 2.05) is 48.5 Å². The van der Waals surface area contributed by atoms with Crippen molar-refractivity contribution in [1.82, 2.24) is 9.88 Å². The van der Waals surface area contributed by atoms with E-state index in [4.69, 9.17) is 9.47 Å².